The normalized spacial score (nSPS) is 25.3. The maximum absolute atomic E-state index is 15.7. The van der Waals surface area contributed by atoms with Crippen molar-refractivity contribution in [3.63, 3.8) is 0 Å². The maximum atomic E-state index is 15.7. The standard InChI is InChI=1S/C29H35FN2O4/c1-5-15-32-23-14-10-9-13-22(23)29(27(32)35)20(2)26(28(3,4)30)24(36-29)18-25(34)31(16-17-33)19-21-11-7-6-8-12-21/h5-14,20,24,26,33H,1,15-19H2,2-4H3/t20-,24+,26-,29+/m0/s1. The second-order valence-electron chi connectivity index (χ2n) is 10.2. The highest BCUT2D eigenvalue weighted by Crippen LogP contribution is 2.58. The van der Waals surface area contributed by atoms with Gasteiger partial charge in [-0.25, -0.2) is 4.39 Å². The highest BCUT2D eigenvalue weighted by Gasteiger charge is 2.66. The summed E-state index contributed by atoms with van der Waals surface area (Å²) in [4.78, 5) is 30.5. The summed E-state index contributed by atoms with van der Waals surface area (Å²) in [5, 5.41) is 9.60. The van der Waals surface area contributed by atoms with Crippen LogP contribution >= 0.6 is 0 Å². The van der Waals surface area contributed by atoms with E-state index in [1.54, 1.807) is 15.9 Å². The number of aliphatic hydroxyl groups excluding tert-OH is 1. The van der Waals surface area contributed by atoms with Crippen molar-refractivity contribution in [2.75, 3.05) is 24.6 Å². The first-order chi connectivity index (χ1) is 17.1. The lowest BCUT2D eigenvalue weighted by atomic mass is 9.71. The zero-order valence-corrected chi connectivity index (χ0v) is 21.2. The quantitative estimate of drug-likeness (QED) is 0.530. The van der Waals surface area contributed by atoms with Crippen molar-refractivity contribution in [2.24, 2.45) is 11.8 Å². The molecular weight excluding hydrogens is 459 g/mol. The average molecular weight is 495 g/mol. The summed E-state index contributed by atoms with van der Waals surface area (Å²) in [6, 6.07) is 16.9. The fourth-order valence-electron chi connectivity index (χ4n) is 6.03. The molecule has 192 valence electrons. The second kappa shape index (κ2) is 10.1. The number of fused-ring (bicyclic) bond motifs is 2. The number of alkyl halides is 1. The summed E-state index contributed by atoms with van der Waals surface area (Å²) < 4.78 is 22.3. The molecule has 0 aromatic heterocycles. The molecule has 0 bridgehead atoms. The number of para-hydroxylation sites is 1. The summed E-state index contributed by atoms with van der Waals surface area (Å²) in [5.74, 6) is -1.72. The number of rotatable bonds is 9. The zero-order valence-electron chi connectivity index (χ0n) is 21.2. The molecule has 1 saturated heterocycles. The molecule has 1 N–H and O–H groups in total. The molecule has 4 rings (SSSR count). The fraction of sp³-hybridized carbons (Fsp3) is 0.448. The minimum atomic E-state index is -1.70. The van der Waals surface area contributed by atoms with Gasteiger partial charge in [0.05, 0.1) is 24.8 Å². The molecule has 2 aromatic rings. The van der Waals surface area contributed by atoms with Gasteiger partial charge in [0.2, 0.25) is 5.91 Å². The van der Waals surface area contributed by atoms with E-state index in [2.05, 4.69) is 6.58 Å². The van der Waals surface area contributed by atoms with E-state index in [1.165, 1.54) is 13.8 Å². The Morgan fingerprint density at radius 2 is 1.89 bits per heavy atom. The largest absolute Gasteiger partial charge is 0.395 e. The van der Waals surface area contributed by atoms with Crippen LogP contribution < -0.4 is 4.90 Å². The molecule has 0 aliphatic carbocycles. The zero-order chi connectivity index (χ0) is 26.1. The molecule has 2 aromatic carbocycles. The molecule has 2 heterocycles. The van der Waals surface area contributed by atoms with E-state index < -0.39 is 29.2 Å². The van der Waals surface area contributed by atoms with Gasteiger partial charge in [0, 0.05) is 37.0 Å². The number of nitrogens with zero attached hydrogens (tertiary/aromatic N) is 2. The fourth-order valence-corrected chi connectivity index (χ4v) is 6.03. The topological polar surface area (TPSA) is 70.1 Å². The highest BCUT2D eigenvalue weighted by molar-refractivity contribution is 6.07. The van der Waals surface area contributed by atoms with E-state index in [4.69, 9.17) is 4.74 Å². The Morgan fingerprint density at radius 1 is 1.22 bits per heavy atom. The monoisotopic (exact) mass is 494 g/mol. The summed E-state index contributed by atoms with van der Waals surface area (Å²) >= 11 is 0. The first-order valence-corrected chi connectivity index (χ1v) is 12.5. The van der Waals surface area contributed by atoms with Crippen LogP contribution in [0.5, 0.6) is 0 Å². The summed E-state index contributed by atoms with van der Waals surface area (Å²) in [7, 11) is 0. The predicted octanol–water partition coefficient (Wildman–Crippen LogP) is 4.22. The number of hydrogen-bond acceptors (Lipinski definition) is 4. The Hall–Kier alpha value is -3.03. The molecule has 0 unspecified atom stereocenters. The number of halogens is 1. The van der Waals surface area contributed by atoms with Crippen LogP contribution in [0.15, 0.2) is 67.3 Å². The van der Waals surface area contributed by atoms with Crippen LogP contribution in [0.3, 0.4) is 0 Å². The lowest BCUT2D eigenvalue weighted by Gasteiger charge is -2.32. The van der Waals surface area contributed by atoms with Gasteiger partial charge in [-0.1, -0.05) is 61.5 Å². The van der Waals surface area contributed by atoms with Crippen LogP contribution in [-0.4, -0.2) is 53.3 Å². The third kappa shape index (κ3) is 4.46. The molecule has 2 aliphatic rings. The maximum Gasteiger partial charge on any atom is 0.264 e. The van der Waals surface area contributed by atoms with Gasteiger partial charge in [-0.15, -0.1) is 6.58 Å². The second-order valence-corrected chi connectivity index (χ2v) is 10.2. The Morgan fingerprint density at radius 3 is 2.53 bits per heavy atom. The first-order valence-electron chi connectivity index (χ1n) is 12.5. The van der Waals surface area contributed by atoms with Crippen LogP contribution in [-0.2, 0) is 26.5 Å². The summed E-state index contributed by atoms with van der Waals surface area (Å²) in [6.45, 7) is 9.19. The van der Waals surface area contributed by atoms with Crippen molar-refractivity contribution in [1.82, 2.24) is 4.90 Å². The first kappa shape index (κ1) is 26.0. The van der Waals surface area contributed by atoms with Gasteiger partial charge in [0.1, 0.15) is 5.67 Å². The van der Waals surface area contributed by atoms with Gasteiger partial charge >= 0.3 is 0 Å². The molecule has 0 saturated carbocycles. The van der Waals surface area contributed by atoms with Gasteiger partial charge in [-0.3, -0.25) is 9.59 Å². The molecular formula is C29H35FN2O4. The summed E-state index contributed by atoms with van der Waals surface area (Å²) in [6.07, 6.45) is 0.750. The molecule has 6 nitrogen and oxygen atoms in total. The summed E-state index contributed by atoms with van der Waals surface area (Å²) in [5.41, 5.74) is -0.720. The van der Waals surface area contributed by atoms with Crippen LogP contribution in [0.1, 0.15) is 38.3 Å². The average Bonchev–Trinajstić information content (AvgIpc) is 3.26. The van der Waals surface area contributed by atoms with Gasteiger partial charge < -0.3 is 19.6 Å². The van der Waals surface area contributed by atoms with Gasteiger partial charge in [-0.2, -0.15) is 0 Å². The number of anilines is 1. The number of carbonyl (C=O) groups is 2. The minimum absolute atomic E-state index is 0.0894. The molecule has 7 heteroatoms. The van der Waals surface area contributed by atoms with Gasteiger partial charge in [-0.05, 0) is 25.5 Å². The molecule has 0 radical (unpaired) electrons. The van der Waals surface area contributed by atoms with E-state index in [1.807, 2.05) is 61.5 Å². The van der Waals surface area contributed by atoms with Crippen molar-refractivity contribution in [1.29, 1.82) is 0 Å². The van der Waals surface area contributed by atoms with Crippen LogP contribution in [0.4, 0.5) is 10.1 Å². The molecule has 1 fully saturated rings. The third-order valence-corrected chi connectivity index (χ3v) is 7.49. The van der Waals surface area contributed by atoms with Crippen molar-refractivity contribution in [2.45, 2.75) is 51.1 Å². The van der Waals surface area contributed by atoms with Crippen molar-refractivity contribution in [3.8, 4) is 0 Å². The number of carbonyl (C=O) groups excluding carboxylic acids is 2. The minimum Gasteiger partial charge on any atom is -0.395 e. The van der Waals surface area contributed by atoms with Gasteiger partial charge in [0.25, 0.3) is 5.91 Å². The van der Waals surface area contributed by atoms with E-state index in [-0.39, 0.29) is 31.4 Å². The lowest BCUT2D eigenvalue weighted by Crippen LogP contribution is -2.45. The van der Waals surface area contributed by atoms with E-state index >= 15 is 4.39 Å². The number of aliphatic hydroxyl groups is 1. The Bertz CT molecular complexity index is 1120. The number of benzene rings is 2. The van der Waals surface area contributed by atoms with Crippen molar-refractivity contribution in [3.05, 3.63) is 78.4 Å². The smallest absolute Gasteiger partial charge is 0.264 e. The Kier molecular flexibility index (Phi) is 7.34. The molecule has 4 atom stereocenters. The Balaban J connectivity index is 1.68. The molecule has 2 amide bonds. The number of amides is 2. The van der Waals surface area contributed by atoms with Crippen LogP contribution in [0, 0.1) is 11.8 Å². The molecule has 1 spiro atoms. The SMILES string of the molecule is C=CCN1C(=O)[C@]2(O[C@H](CC(=O)N(CCO)Cc3ccccc3)[C@@H](C(C)(C)F)[C@@H]2C)c2ccccc21. The van der Waals surface area contributed by atoms with Crippen molar-refractivity contribution >= 4 is 17.5 Å². The van der Waals surface area contributed by atoms with Gasteiger partial charge in [0.15, 0.2) is 5.60 Å². The van der Waals surface area contributed by atoms with E-state index in [0.717, 1.165) is 11.3 Å². The number of ether oxygens (including phenoxy) is 1. The van der Waals surface area contributed by atoms with Crippen LogP contribution in [0.25, 0.3) is 0 Å². The van der Waals surface area contributed by atoms with Crippen LogP contribution in [0.2, 0.25) is 0 Å². The third-order valence-electron chi connectivity index (χ3n) is 7.49. The molecule has 2 aliphatic heterocycles. The Labute approximate surface area is 212 Å². The lowest BCUT2D eigenvalue weighted by molar-refractivity contribution is -0.150. The molecule has 36 heavy (non-hydrogen) atoms. The number of hydrogen-bond donors (Lipinski definition) is 1. The van der Waals surface area contributed by atoms with Crippen molar-refractivity contribution < 1.29 is 23.8 Å². The van der Waals surface area contributed by atoms with E-state index in [9.17, 15) is 14.7 Å². The predicted molar refractivity (Wildman–Crippen MR) is 137 cm³/mol. The highest BCUT2D eigenvalue weighted by atomic mass is 19.1. The van der Waals surface area contributed by atoms with E-state index in [0.29, 0.717) is 18.7 Å².